The molecule has 0 heterocycles. The second-order valence-electron chi connectivity index (χ2n) is 6.73. The first kappa shape index (κ1) is 20.2. The van der Waals surface area contributed by atoms with Crippen molar-refractivity contribution in [2.75, 3.05) is 5.32 Å². The van der Waals surface area contributed by atoms with Crippen molar-refractivity contribution in [3.8, 4) is 0 Å². The molecule has 0 spiro atoms. The van der Waals surface area contributed by atoms with E-state index in [1.54, 1.807) is 24.3 Å². The van der Waals surface area contributed by atoms with Crippen LogP contribution in [0.1, 0.15) is 42.6 Å². The lowest BCUT2D eigenvalue weighted by Crippen LogP contribution is -2.38. The number of carboxylic acid groups (broad SMARTS) is 1. The molecule has 0 aliphatic rings. The lowest BCUT2D eigenvalue weighted by atomic mass is 9.87. The van der Waals surface area contributed by atoms with E-state index in [4.69, 9.17) is 5.11 Å². The van der Waals surface area contributed by atoms with Crippen LogP contribution in [0.15, 0.2) is 54.6 Å². The molecule has 2 aromatic carbocycles. The van der Waals surface area contributed by atoms with Crippen molar-refractivity contribution in [3.05, 3.63) is 65.7 Å². The summed E-state index contributed by atoms with van der Waals surface area (Å²) in [4.78, 5) is 35.6. The second-order valence-corrected chi connectivity index (χ2v) is 6.73. The van der Waals surface area contributed by atoms with E-state index in [-0.39, 0.29) is 17.7 Å². The van der Waals surface area contributed by atoms with Gasteiger partial charge in [0.05, 0.1) is 5.92 Å². The van der Waals surface area contributed by atoms with E-state index in [0.29, 0.717) is 11.3 Å². The molecule has 0 saturated carbocycles. The van der Waals surface area contributed by atoms with Crippen LogP contribution in [-0.2, 0) is 9.59 Å². The molecular weight excluding hydrogens is 344 g/mol. The van der Waals surface area contributed by atoms with Gasteiger partial charge in [0, 0.05) is 11.3 Å². The van der Waals surface area contributed by atoms with E-state index in [0.717, 1.165) is 5.56 Å². The highest BCUT2D eigenvalue weighted by molar-refractivity contribution is 5.98. The minimum atomic E-state index is -1.10. The quantitative estimate of drug-likeness (QED) is 0.699. The molecule has 3 N–H and O–H groups in total. The lowest BCUT2D eigenvalue weighted by molar-refractivity contribution is -0.138. The summed E-state index contributed by atoms with van der Waals surface area (Å²) >= 11 is 0. The highest BCUT2D eigenvalue weighted by Crippen LogP contribution is 2.26. The number of benzene rings is 2. The van der Waals surface area contributed by atoms with Crippen LogP contribution >= 0.6 is 0 Å². The molecule has 6 nitrogen and oxygen atoms in total. The first-order chi connectivity index (χ1) is 12.8. The van der Waals surface area contributed by atoms with Gasteiger partial charge in [0.15, 0.2) is 0 Å². The maximum absolute atomic E-state index is 12.7. The Labute approximate surface area is 158 Å². The molecule has 0 radical (unpaired) electrons. The maximum Gasteiger partial charge on any atom is 0.325 e. The smallest absolute Gasteiger partial charge is 0.325 e. The fourth-order valence-electron chi connectivity index (χ4n) is 2.77. The van der Waals surface area contributed by atoms with Crippen LogP contribution < -0.4 is 10.6 Å². The van der Waals surface area contributed by atoms with Crippen LogP contribution in [-0.4, -0.2) is 28.9 Å². The fourth-order valence-corrected chi connectivity index (χ4v) is 2.77. The number of hydrogen-bond donors (Lipinski definition) is 3. The van der Waals surface area contributed by atoms with Crippen LogP contribution in [0.5, 0.6) is 0 Å². The fraction of sp³-hybridized carbons (Fsp3) is 0.286. The van der Waals surface area contributed by atoms with Crippen molar-refractivity contribution in [2.45, 2.75) is 32.7 Å². The molecule has 0 aliphatic carbocycles. The lowest BCUT2D eigenvalue weighted by Gasteiger charge is -2.21. The Morgan fingerprint density at radius 2 is 1.48 bits per heavy atom. The van der Waals surface area contributed by atoms with E-state index < -0.39 is 17.9 Å². The van der Waals surface area contributed by atoms with Gasteiger partial charge >= 0.3 is 5.97 Å². The molecule has 2 amide bonds. The van der Waals surface area contributed by atoms with E-state index >= 15 is 0 Å². The number of hydrogen-bond acceptors (Lipinski definition) is 3. The topological polar surface area (TPSA) is 95.5 Å². The Kier molecular flexibility index (Phi) is 6.71. The van der Waals surface area contributed by atoms with Crippen molar-refractivity contribution >= 4 is 23.5 Å². The van der Waals surface area contributed by atoms with Gasteiger partial charge in [-0.15, -0.1) is 0 Å². The summed E-state index contributed by atoms with van der Waals surface area (Å²) < 4.78 is 0. The Bertz CT molecular complexity index is 801. The molecule has 2 atom stereocenters. The second kappa shape index (κ2) is 8.98. The van der Waals surface area contributed by atoms with Crippen molar-refractivity contribution in [1.82, 2.24) is 5.32 Å². The largest absolute Gasteiger partial charge is 0.480 e. The van der Waals surface area contributed by atoms with E-state index in [1.807, 2.05) is 44.2 Å². The number of rotatable bonds is 7. The van der Waals surface area contributed by atoms with E-state index in [9.17, 15) is 14.4 Å². The number of anilines is 1. The predicted octanol–water partition coefficient (Wildman–Crippen LogP) is 3.27. The monoisotopic (exact) mass is 368 g/mol. The number of carbonyl (C=O) groups is 3. The highest BCUT2D eigenvalue weighted by atomic mass is 16.4. The molecule has 2 rings (SSSR count). The van der Waals surface area contributed by atoms with Crippen LogP contribution in [0.3, 0.4) is 0 Å². The summed E-state index contributed by atoms with van der Waals surface area (Å²) in [5, 5.41) is 14.1. The van der Waals surface area contributed by atoms with Crippen molar-refractivity contribution in [3.63, 3.8) is 0 Å². The molecule has 142 valence electrons. The third kappa shape index (κ3) is 5.41. The Hall–Kier alpha value is -3.15. The van der Waals surface area contributed by atoms with Crippen LogP contribution in [0.25, 0.3) is 0 Å². The Morgan fingerprint density at radius 3 is 2.00 bits per heavy atom. The molecule has 0 fully saturated rings. The summed E-state index contributed by atoms with van der Waals surface area (Å²) in [5.74, 6) is -1.87. The molecule has 0 aliphatic heterocycles. The molecule has 2 aromatic rings. The maximum atomic E-state index is 12.7. The summed E-state index contributed by atoms with van der Waals surface area (Å²) in [7, 11) is 0. The molecule has 27 heavy (non-hydrogen) atoms. The molecule has 2 unspecified atom stereocenters. The van der Waals surface area contributed by atoms with Gasteiger partial charge in [-0.25, -0.2) is 0 Å². The molecule has 6 heteroatoms. The third-order valence-electron chi connectivity index (χ3n) is 4.24. The molecule has 0 aromatic heterocycles. The Balaban J connectivity index is 2.07. The van der Waals surface area contributed by atoms with Gasteiger partial charge in [0.25, 0.3) is 5.91 Å². The minimum Gasteiger partial charge on any atom is -0.480 e. The van der Waals surface area contributed by atoms with Gasteiger partial charge in [-0.2, -0.15) is 0 Å². The average Bonchev–Trinajstić information content (AvgIpc) is 2.62. The Morgan fingerprint density at radius 1 is 0.889 bits per heavy atom. The number of aliphatic carboxylic acids is 1. The highest BCUT2D eigenvalue weighted by Gasteiger charge is 2.24. The summed E-state index contributed by atoms with van der Waals surface area (Å²) in [5.41, 5.74) is 1.85. The van der Waals surface area contributed by atoms with Gasteiger partial charge in [-0.1, -0.05) is 44.2 Å². The van der Waals surface area contributed by atoms with Crippen molar-refractivity contribution in [1.29, 1.82) is 0 Å². The van der Waals surface area contributed by atoms with Crippen molar-refractivity contribution < 1.29 is 19.5 Å². The molecule has 0 saturated heterocycles. The summed E-state index contributed by atoms with van der Waals surface area (Å²) in [6.07, 6.45) is 0. The first-order valence-electron chi connectivity index (χ1n) is 8.79. The van der Waals surface area contributed by atoms with E-state index in [2.05, 4.69) is 10.6 Å². The number of carbonyl (C=O) groups excluding carboxylic acids is 2. The number of amides is 2. The zero-order valence-electron chi connectivity index (χ0n) is 15.6. The van der Waals surface area contributed by atoms with Gasteiger partial charge in [0.1, 0.15) is 6.04 Å². The zero-order chi connectivity index (χ0) is 20.0. The van der Waals surface area contributed by atoms with E-state index in [1.165, 1.54) is 6.92 Å². The van der Waals surface area contributed by atoms with Gasteiger partial charge in [-0.3, -0.25) is 14.4 Å². The number of carboxylic acids is 1. The minimum absolute atomic E-state index is 0.118. The average molecular weight is 368 g/mol. The molecule has 0 bridgehead atoms. The number of nitrogens with one attached hydrogen (secondary N) is 2. The van der Waals surface area contributed by atoms with Crippen LogP contribution in [0.4, 0.5) is 5.69 Å². The predicted molar refractivity (Wildman–Crippen MR) is 104 cm³/mol. The standard InChI is InChI=1S/C21H24N2O4/c1-13(2)18(15-7-5-4-6-8-15)20(25)23-17-11-9-16(10-12-17)19(24)22-14(3)21(26)27/h4-14,18H,1-3H3,(H,22,24)(H,23,25)(H,26,27). The first-order valence-corrected chi connectivity index (χ1v) is 8.79. The zero-order valence-corrected chi connectivity index (χ0v) is 15.6. The van der Waals surface area contributed by atoms with Gasteiger partial charge in [-0.05, 0) is 42.7 Å². The molecular formula is C21H24N2O4. The summed E-state index contributed by atoms with van der Waals surface area (Å²) in [6, 6.07) is 15.0. The van der Waals surface area contributed by atoms with Gasteiger partial charge < -0.3 is 15.7 Å². The van der Waals surface area contributed by atoms with Crippen molar-refractivity contribution in [2.24, 2.45) is 5.92 Å². The summed E-state index contributed by atoms with van der Waals surface area (Å²) in [6.45, 7) is 5.38. The van der Waals surface area contributed by atoms with Crippen LogP contribution in [0.2, 0.25) is 0 Å². The normalized spacial score (nSPS) is 12.9. The third-order valence-corrected chi connectivity index (χ3v) is 4.24. The SMILES string of the molecule is CC(NC(=O)c1ccc(NC(=O)C(c2ccccc2)C(C)C)cc1)C(=O)O. The van der Waals surface area contributed by atoms with Crippen LogP contribution in [0, 0.1) is 5.92 Å². The van der Waals surface area contributed by atoms with Gasteiger partial charge in [0.2, 0.25) is 5.91 Å².